The molecule has 1 aliphatic rings. The van der Waals surface area contributed by atoms with Crippen molar-refractivity contribution in [3.05, 3.63) is 22.5 Å². The number of hydrogen-bond acceptors (Lipinski definition) is 3. The normalized spacial score (nSPS) is 20.1. The molecule has 90 valence electrons. The van der Waals surface area contributed by atoms with Crippen LogP contribution in [0.3, 0.4) is 0 Å². The Morgan fingerprint density at radius 2 is 2.41 bits per heavy atom. The standard InChI is InChI=1S/C12H15N3OS/c1-7-6-17-12-13-8(2)10(15(7)12)5-9-3-4-11(16)14-9/h6,9H,3-5H2,1-2H3,(H,14,16). The van der Waals surface area contributed by atoms with Crippen LogP contribution in [0.5, 0.6) is 0 Å². The van der Waals surface area contributed by atoms with Gasteiger partial charge in [-0.2, -0.15) is 0 Å². The summed E-state index contributed by atoms with van der Waals surface area (Å²) in [5, 5.41) is 5.14. The Morgan fingerprint density at radius 1 is 1.59 bits per heavy atom. The van der Waals surface area contributed by atoms with Gasteiger partial charge < -0.3 is 5.32 Å². The highest BCUT2D eigenvalue weighted by Gasteiger charge is 2.23. The van der Waals surface area contributed by atoms with E-state index < -0.39 is 0 Å². The molecule has 1 saturated heterocycles. The molecule has 2 aromatic rings. The van der Waals surface area contributed by atoms with Crippen LogP contribution < -0.4 is 5.32 Å². The molecule has 3 heterocycles. The molecule has 1 aliphatic heterocycles. The van der Waals surface area contributed by atoms with Gasteiger partial charge in [0.05, 0.1) is 5.69 Å². The molecule has 4 nitrogen and oxygen atoms in total. The van der Waals surface area contributed by atoms with Crippen LogP contribution in [0.25, 0.3) is 4.96 Å². The van der Waals surface area contributed by atoms with Crippen LogP contribution >= 0.6 is 11.3 Å². The molecule has 0 bridgehead atoms. The summed E-state index contributed by atoms with van der Waals surface area (Å²) in [5.74, 6) is 0.176. The zero-order valence-corrected chi connectivity index (χ0v) is 10.8. The maximum atomic E-state index is 11.2. The smallest absolute Gasteiger partial charge is 0.220 e. The first-order chi connectivity index (χ1) is 8.15. The lowest BCUT2D eigenvalue weighted by Crippen LogP contribution is -2.27. The van der Waals surface area contributed by atoms with E-state index in [4.69, 9.17) is 0 Å². The van der Waals surface area contributed by atoms with E-state index >= 15 is 0 Å². The molecule has 0 radical (unpaired) electrons. The van der Waals surface area contributed by atoms with E-state index in [9.17, 15) is 4.79 Å². The van der Waals surface area contributed by atoms with Gasteiger partial charge >= 0.3 is 0 Å². The van der Waals surface area contributed by atoms with Crippen molar-refractivity contribution in [2.24, 2.45) is 0 Å². The number of nitrogens with one attached hydrogen (secondary N) is 1. The molecule has 0 aliphatic carbocycles. The number of carbonyl (C=O) groups excluding carboxylic acids is 1. The van der Waals surface area contributed by atoms with E-state index in [2.05, 4.69) is 27.0 Å². The Hall–Kier alpha value is -1.36. The zero-order chi connectivity index (χ0) is 12.0. The van der Waals surface area contributed by atoms with Gasteiger partial charge in [-0.3, -0.25) is 9.20 Å². The molecular formula is C12H15N3OS. The highest BCUT2D eigenvalue weighted by Crippen LogP contribution is 2.23. The molecule has 1 fully saturated rings. The predicted octanol–water partition coefficient (Wildman–Crippen LogP) is 1.83. The Morgan fingerprint density at radius 3 is 3.12 bits per heavy atom. The van der Waals surface area contributed by atoms with E-state index in [0.717, 1.165) is 23.5 Å². The first kappa shape index (κ1) is 10.8. The summed E-state index contributed by atoms with van der Waals surface area (Å²) >= 11 is 1.67. The van der Waals surface area contributed by atoms with E-state index in [0.29, 0.717) is 6.42 Å². The van der Waals surface area contributed by atoms with Crippen molar-refractivity contribution in [3.63, 3.8) is 0 Å². The molecule has 0 saturated carbocycles. The Labute approximate surface area is 104 Å². The van der Waals surface area contributed by atoms with Crippen LogP contribution in [0.1, 0.15) is 29.9 Å². The second-order valence-corrected chi connectivity index (χ2v) is 5.48. The number of aryl methyl sites for hydroxylation is 2. The lowest BCUT2D eigenvalue weighted by atomic mass is 10.1. The van der Waals surface area contributed by atoms with Gasteiger partial charge in [0.25, 0.3) is 0 Å². The molecule has 2 aromatic heterocycles. The fourth-order valence-corrected chi connectivity index (χ4v) is 3.40. The Balaban J connectivity index is 1.96. The van der Waals surface area contributed by atoms with E-state index in [1.807, 2.05) is 6.92 Å². The first-order valence-electron chi connectivity index (χ1n) is 5.86. The average Bonchev–Trinajstić information content (AvgIpc) is 2.91. The van der Waals surface area contributed by atoms with Gasteiger partial charge in [-0.1, -0.05) is 0 Å². The van der Waals surface area contributed by atoms with Gasteiger partial charge in [-0.25, -0.2) is 4.98 Å². The third-order valence-corrected chi connectivity index (χ3v) is 4.30. The third kappa shape index (κ3) is 1.74. The largest absolute Gasteiger partial charge is 0.353 e. The lowest BCUT2D eigenvalue weighted by Gasteiger charge is -2.10. The maximum Gasteiger partial charge on any atom is 0.220 e. The number of rotatable bonds is 2. The summed E-state index contributed by atoms with van der Waals surface area (Å²) in [6.07, 6.45) is 2.49. The van der Waals surface area contributed by atoms with Gasteiger partial charge in [0.15, 0.2) is 4.96 Å². The summed E-state index contributed by atoms with van der Waals surface area (Å²) < 4.78 is 2.21. The van der Waals surface area contributed by atoms with Crippen LogP contribution in [-0.2, 0) is 11.2 Å². The summed E-state index contributed by atoms with van der Waals surface area (Å²) in [6.45, 7) is 4.15. The van der Waals surface area contributed by atoms with Crippen molar-refractivity contribution in [3.8, 4) is 0 Å². The average molecular weight is 249 g/mol. The van der Waals surface area contributed by atoms with E-state index in [1.54, 1.807) is 11.3 Å². The van der Waals surface area contributed by atoms with Crippen LogP contribution in [0, 0.1) is 13.8 Å². The van der Waals surface area contributed by atoms with Crippen molar-refractivity contribution in [1.82, 2.24) is 14.7 Å². The van der Waals surface area contributed by atoms with Gasteiger partial charge in [-0.05, 0) is 20.3 Å². The predicted molar refractivity (Wildman–Crippen MR) is 67.4 cm³/mol. The van der Waals surface area contributed by atoms with E-state index in [1.165, 1.54) is 11.4 Å². The fourth-order valence-electron chi connectivity index (χ4n) is 2.47. The van der Waals surface area contributed by atoms with Gasteiger partial charge in [-0.15, -0.1) is 11.3 Å². The van der Waals surface area contributed by atoms with Crippen molar-refractivity contribution in [2.75, 3.05) is 0 Å². The van der Waals surface area contributed by atoms with Crippen LogP contribution in [0.15, 0.2) is 5.38 Å². The Bertz CT molecular complexity index is 584. The minimum atomic E-state index is 0.176. The number of fused-ring (bicyclic) bond motifs is 1. The van der Waals surface area contributed by atoms with Gasteiger partial charge in [0, 0.05) is 35.7 Å². The number of imidazole rings is 1. The maximum absolute atomic E-state index is 11.2. The lowest BCUT2D eigenvalue weighted by molar-refractivity contribution is -0.119. The Kier molecular flexibility index (Phi) is 2.43. The van der Waals surface area contributed by atoms with Gasteiger partial charge in [0.2, 0.25) is 5.91 Å². The minimum Gasteiger partial charge on any atom is -0.353 e. The van der Waals surface area contributed by atoms with Crippen LogP contribution in [0.2, 0.25) is 0 Å². The van der Waals surface area contributed by atoms with Crippen molar-refractivity contribution < 1.29 is 4.79 Å². The topological polar surface area (TPSA) is 46.4 Å². The van der Waals surface area contributed by atoms with Crippen molar-refractivity contribution >= 4 is 22.2 Å². The summed E-state index contributed by atoms with van der Waals surface area (Å²) in [5.41, 5.74) is 3.55. The quantitative estimate of drug-likeness (QED) is 0.882. The van der Waals surface area contributed by atoms with Crippen molar-refractivity contribution in [2.45, 2.75) is 39.2 Å². The number of aromatic nitrogens is 2. The number of amides is 1. The molecule has 3 rings (SSSR count). The molecule has 17 heavy (non-hydrogen) atoms. The molecular weight excluding hydrogens is 234 g/mol. The summed E-state index contributed by atoms with van der Waals surface area (Å²) in [4.78, 5) is 16.8. The monoisotopic (exact) mass is 249 g/mol. The summed E-state index contributed by atoms with van der Waals surface area (Å²) in [7, 11) is 0. The number of hydrogen-bond donors (Lipinski definition) is 1. The van der Waals surface area contributed by atoms with Crippen LogP contribution in [-0.4, -0.2) is 21.3 Å². The third-order valence-electron chi connectivity index (χ3n) is 3.35. The first-order valence-corrected chi connectivity index (χ1v) is 6.74. The second-order valence-electron chi connectivity index (χ2n) is 4.65. The minimum absolute atomic E-state index is 0.176. The van der Waals surface area contributed by atoms with Gasteiger partial charge in [0.1, 0.15) is 0 Å². The fraction of sp³-hybridized carbons (Fsp3) is 0.500. The molecule has 5 heteroatoms. The van der Waals surface area contributed by atoms with Crippen molar-refractivity contribution in [1.29, 1.82) is 0 Å². The number of thiazole rings is 1. The van der Waals surface area contributed by atoms with Crippen LogP contribution in [0.4, 0.5) is 0 Å². The molecule has 0 spiro atoms. The summed E-state index contributed by atoms with van der Waals surface area (Å²) in [6, 6.07) is 0.278. The second kappa shape index (κ2) is 3.84. The SMILES string of the molecule is Cc1nc2scc(C)n2c1CC1CCC(=O)N1. The number of carbonyl (C=O) groups is 1. The molecule has 1 unspecified atom stereocenters. The molecule has 1 N–H and O–H groups in total. The molecule has 0 aromatic carbocycles. The number of nitrogens with zero attached hydrogens (tertiary/aromatic N) is 2. The van der Waals surface area contributed by atoms with E-state index in [-0.39, 0.29) is 11.9 Å². The highest BCUT2D eigenvalue weighted by atomic mass is 32.1. The molecule has 1 atom stereocenters. The molecule has 1 amide bonds. The highest BCUT2D eigenvalue weighted by molar-refractivity contribution is 7.15. The zero-order valence-electron chi connectivity index (χ0n) is 9.99.